The number of unbranched alkanes of at least 4 members (excludes halogenated alkanes) is 1. The summed E-state index contributed by atoms with van der Waals surface area (Å²) in [5.74, 6) is -0.306. The van der Waals surface area contributed by atoms with Gasteiger partial charge in [0.15, 0.2) is 0 Å². The van der Waals surface area contributed by atoms with Crippen LogP contribution in [0.2, 0.25) is 0 Å². The highest BCUT2D eigenvalue weighted by atomic mass is 16.4. The topological polar surface area (TPSA) is 110 Å². The molecule has 2 rings (SSSR count). The Hall–Kier alpha value is -3.66. The number of aromatic nitrogens is 1. The molecule has 32 heavy (non-hydrogen) atoms. The monoisotopic (exact) mass is 433 g/mol. The molecule has 0 bridgehead atoms. The van der Waals surface area contributed by atoms with Crippen LogP contribution in [0.3, 0.4) is 0 Å². The first-order chi connectivity index (χ1) is 15.3. The molecule has 0 aliphatic carbocycles. The lowest BCUT2D eigenvalue weighted by atomic mass is 9.96. The summed E-state index contributed by atoms with van der Waals surface area (Å²) < 4.78 is 0. The Morgan fingerprint density at radius 2 is 1.97 bits per heavy atom. The molecular formula is C25H31N5O2. The van der Waals surface area contributed by atoms with Gasteiger partial charge >= 0.3 is 5.97 Å². The van der Waals surface area contributed by atoms with Crippen molar-refractivity contribution in [2.75, 3.05) is 6.54 Å². The van der Waals surface area contributed by atoms with Gasteiger partial charge in [0.1, 0.15) is 0 Å². The number of hydrogen-bond acceptors (Lipinski definition) is 4. The van der Waals surface area contributed by atoms with Crippen molar-refractivity contribution in [3.8, 4) is 6.19 Å². The van der Waals surface area contributed by atoms with E-state index in [0.29, 0.717) is 25.3 Å². The average molecular weight is 434 g/mol. The van der Waals surface area contributed by atoms with E-state index in [1.807, 2.05) is 45.3 Å². The molecule has 0 radical (unpaired) electrons. The molecule has 1 aromatic heterocycles. The maximum atomic E-state index is 10.8. The lowest BCUT2D eigenvalue weighted by Gasteiger charge is -2.23. The Morgan fingerprint density at radius 3 is 2.56 bits per heavy atom. The first-order valence-corrected chi connectivity index (χ1v) is 10.7. The van der Waals surface area contributed by atoms with Crippen LogP contribution in [0.15, 0.2) is 59.9 Å². The fourth-order valence-electron chi connectivity index (χ4n) is 3.12. The van der Waals surface area contributed by atoms with Crippen molar-refractivity contribution in [3.05, 3.63) is 71.6 Å². The smallest absolute Gasteiger partial charge is 0.303 e. The largest absolute Gasteiger partial charge is 0.481 e. The molecule has 0 saturated carbocycles. The zero-order valence-electron chi connectivity index (χ0n) is 18.9. The van der Waals surface area contributed by atoms with Crippen LogP contribution >= 0.6 is 0 Å². The van der Waals surface area contributed by atoms with Crippen molar-refractivity contribution in [2.24, 2.45) is 4.99 Å². The van der Waals surface area contributed by atoms with Crippen LogP contribution < -0.4 is 10.6 Å². The van der Waals surface area contributed by atoms with Crippen molar-refractivity contribution < 1.29 is 9.90 Å². The third-order valence-corrected chi connectivity index (χ3v) is 4.54. The number of nitriles is 1. The number of aliphatic imine (C=N–C) groups is 1. The number of rotatable bonds is 9. The quantitative estimate of drug-likeness (QED) is 0.237. The lowest BCUT2D eigenvalue weighted by Crippen LogP contribution is -2.47. The van der Waals surface area contributed by atoms with Crippen molar-refractivity contribution in [2.45, 2.75) is 52.0 Å². The molecule has 1 aromatic carbocycles. The number of aliphatic carboxylic acids is 1. The molecule has 0 aliphatic heterocycles. The number of pyridine rings is 1. The number of benzene rings is 1. The molecule has 0 spiro atoms. The molecule has 0 saturated heterocycles. The fraction of sp³-hybridized carbons (Fsp3) is 0.360. The first-order valence-electron chi connectivity index (χ1n) is 10.7. The van der Waals surface area contributed by atoms with E-state index >= 15 is 0 Å². The van der Waals surface area contributed by atoms with Crippen molar-refractivity contribution in [3.63, 3.8) is 0 Å². The van der Waals surface area contributed by atoms with Gasteiger partial charge in [-0.2, -0.15) is 5.26 Å². The number of carbonyl (C=O) groups is 1. The van der Waals surface area contributed by atoms with E-state index < -0.39 is 5.97 Å². The van der Waals surface area contributed by atoms with E-state index in [1.165, 1.54) is 0 Å². The van der Waals surface area contributed by atoms with Crippen molar-refractivity contribution >= 4 is 17.5 Å². The molecular weight excluding hydrogens is 402 g/mol. The van der Waals surface area contributed by atoms with Crippen molar-refractivity contribution in [1.82, 2.24) is 15.6 Å². The highest BCUT2D eigenvalue weighted by Crippen LogP contribution is 2.24. The van der Waals surface area contributed by atoms with Crippen LogP contribution in [0.4, 0.5) is 0 Å². The second-order valence-corrected chi connectivity index (χ2v) is 8.45. The summed E-state index contributed by atoms with van der Waals surface area (Å²) in [7, 11) is 0. The number of carboxylic acid groups (broad SMARTS) is 1. The van der Waals surface area contributed by atoms with Crippen LogP contribution in [0, 0.1) is 11.5 Å². The molecule has 1 heterocycles. The highest BCUT2D eigenvalue weighted by Gasteiger charge is 2.12. The van der Waals surface area contributed by atoms with Gasteiger partial charge in [-0.25, -0.2) is 0 Å². The van der Waals surface area contributed by atoms with Gasteiger partial charge in [-0.1, -0.05) is 36.4 Å². The summed E-state index contributed by atoms with van der Waals surface area (Å²) in [6, 6.07) is 12.2. The Balaban J connectivity index is 2.05. The fourth-order valence-corrected chi connectivity index (χ4v) is 3.12. The van der Waals surface area contributed by atoms with Gasteiger partial charge in [0.05, 0.1) is 0 Å². The highest BCUT2D eigenvalue weighted by molar-refractivity contribution is 5.81. The van der Waals surface area contributed by atoms with Gasteiger partial charge in [-0.15, -0.1) is 4.99 Å². The summed E-state index contributed by atoms with van der Waals surface area (Å²) >= 11 is 0. The number of hydrogen-bond donors (Lipinski definition) is 3. The van der Waals surface area contributed by atoms with Crippen LogP contribution in [0.5, 0.6) is 0 Å². The summed E-state index contributed by atoms with van der Waals surface area (Å²) in [6.45, 7) is 6.67. The minimum atomic E-state index is -0.778. The predicted octanol–water partition coefficient (Wildman–Crippen LogP) is 4.13. The van der Waals surface area contributed by atoms with Crippen LogP contribution in [0.25, 0.3) is 5.57 Å². The molecule has 0 amide bonds. The Labute approximate surface area is 189 Å². The van der Waals surface area contributed by atoms with Gasteiger partial charge in [-0.3, -0.25) is 9.78 Å². The van der Waals surface area contributed by atoms with E-state index in [-0.39, 0.29) is 12.0 Å². The number of guanidine groups is 1. The van der Waals surface area contributed by atoms with E-state index in [4.69, 9.17) is 10.4 Å². The van der Waals surface area contributed by atoms with Gasteiger partial charge < -0.3 is 15.7 Å². The normalized spacial score (nSPS) is 12.2. The second-order valence-electron chi connectivity index (χ2n) is 8.45. The molecule has 3 N–H and O–H groups in total. The number of carboxylic acids is 1. The SMILES string of the molecule is CC(C)(C)NC(=NC#N)NCCc1ccc(/C(=C/CCCC(=O)O)c2cccnc2)cc1. The molecule has 2 aromatic rings. The molecule has 168 valence electrons. The molecule has 0 unspecified atom stereocenters. The third-order valence-electron chi connectivity index (χ3n) is 4.54. The van der Waals surface area contributed by atoms with Gasteiger partial charge in [0.25, 0.3) is 0 Å². The Morgan fingerprint density at radius 1 is 1.22 bits per heavy atom. The molecule has 7 nitrogen and oxygen atoms in total. The summed E-state index contributed by atoms with van der Waals surface area (Å²) in [6.07, 6.45) is 9.67. The standard InChI is InChI=1S/C25H31N5O2/c1-25(2,3)30-24(29-18-26)28-16-14-19-10-12-20(13-11-19)22(8-4-5-9-23(31)32)21-7-6-15-27-17-21/h6-8,10-13,15,17H,4-5,9,14,16H2,1-3H3,(H,31,32)(H2,28,29,30)/b22-8-. The number of nitrogens with zero attached hydrogens (tertiary/aromatic N) is 3. The Bertz CT molecular complexity index is 968. The van der Waals surface area contributed by atoms with E-state index in [1.54, 1.807) is 6.20 Å². The van der Waals surface area contributed by atoms with Crippen molar-refractivity contribution in [1.29, 1.82) is 5.26 Å². The number of allylic oxidation sites excluding steroid dienone is 1. The van der Waals surface area contributed by atoms with Crippen LogP contribution in [0.1, 0.15) is 56.7 Å². The summed E-state index contributed by atoms with van der Waals surface area (Å²) in [4.78, 5) is 18.8. The van der Waals surface area contributed by atoms with E-state index in [2.05, 4.69) is 51.0 Å². The predicted molar refractivity (Wildman–Crippen MR) is 127 cm³/mol. The maximum absolute atomic E-state index is 10.8. The average Bonchev–Trinajstić information content (AvgIpc) is 2.74. The van der Waals surface area contributed by atoms with E-state index in [9.17, 15) is 4.79 Å². The number of nitrogens with one attached hydrogen (secondary N) is 2. The molecule has 0 atom stereocenters. The minimum absolute atomic E-state index is 0.157. The molecule has 0 aliphatic rings. The first kappa shape index (κ1) is 24.6. The lowest BCUT2D eigenvalue weighted by molar-refractivity contribution is -0.137. The van der Waals surface area contributed by atoms with Crippen LogP contribution in [-0.4, -0.2) is 34.1 Å². The Kier molecular flexibility index (Phi) is 9.43. The van der Waals surface area contributed by atoms with Gasteiger partial charge in [0.2, 0.25) is 12.2 Å². The second kappa shape index (κ2) is 12.3. The van der Waals surface area contributed by atoms with Crippen LogP contribution in [-0.2, 0) is 11.2 Å². The summed E-state index contributed by atoms with van der Waals surface area (Å²) in [5.41, 5.74) is 4.08. The zero-order chi connectivity index (χ0) is 23.4. The maximum Gasteiger partial charge on any atom is 0.303 e. The minimum Gasteiger partial charge on any atom is -0.481 e. The third kappa shape index (κ3) is 9.00. The van der Waals surface area contributed by atoms with Gasteiger partial charge in [0, 0.05) is 36.5 Å². The molecule has 7 heteroatoms. The summed E-state index contributed by atoms with van der Waals surface area (Å²) in [5, 5.41) is 24.1. The van der Waals surface area contributed by atoms with E-state index in [0.717, 1.165) is 28.7 Å². The molecule has 0 fully saturated rings. The zero-order valence-corrected chi connectivity index (χ0v) is 18.9. The van der Waals surface area contributed by atoms with Gasteiger partial charge in [-0.05, 0) is 62.8 Å².